The third kappa shape index (κ3) is 3.64. The second kappa shape index (κ2) is 6.48. The van der Waals surface area contributed by atoms with Crippen LogP contribution in [-0.4, -0.2) is 30.8 Å². The van der Waals surface area contributed by atoms with Crippen molar-refractivity contribution in [3.8, 4) is 0 Å². The molecule has 0 radical (unpaired) electrons. The van der Waals surface area contributed by atoms with Gasteiger partial charge in [-0.1, -0.05) is 19.1 Å². The van der Waals surface area contributed by atoms with E-state index in [1.165, 1.54) is 6.42 Å². The number of hydrogen-bond donors (Lipinski definition) is 2. The molecule has 4 heteroatoms. The zero-order valence-electron chi connectivity index (χ0n) is 11.2. The zero-order valence-corrected chi connectivity index (χ0v) is 11.2. The Bertz CT molecular complexity index is 448. The highest BCUT2D eigenvalue weighted by atomic mass is 16.1. The van der Waals surface area contributed by atoms with Crippen molar-refractivity contribution in [2.24, 2.45) is 0 Å². The molecular weight excluding hydrogens is 240 g/mol. The van der Waals surface area contributed by atoms with Gasteiger partial charge in [-0.15, -0.1) is 0 Å². The van der Waals surface area contributed by atoms with Gasteiger partial charge in [-0.25, -0.2) is 0 Å². The average molecular weight is 260 g/mol. The van der Waals surface area contributed by atoms with Crippen LogP contribution >= 0.6 is 0 Å². The molecule has 1 heterocycles. The fraction of sp³-hybridized carbons (Fsp3) is 0.467. The van der Waals surface area contributed by atoms with E-state index in [1.807, 2.05) is 6.92 Å². The van der Waals surface area contributed by atoms with Crippen LogP contribution in [0.3, 0.4) is 0 Å². The lowest BCUT2D eigenvalue weighted by molar-refractivity contribution is 0.0947. The van der Waals surface area contributed by atoms with Crippen LogP contribution in [0.5, 0.6) is 0 Å². The second-order valence-corrected chi connectivity index (χ2v) is 4.86. The summed E-state index contributed by atoms with van der Waals surface area (Å²) in [4.78, 5) is 23.4. The first-order chi connectivity index (χ1) is 9.20. The molecule has 1 atom stereocenters. The maximum Gasteiger partial charge on any atom is 0.251 e. The van der Waals surface area contributed by atoms with Crippen molar-refractivity contribution < 1.29 is 9.59 Å². The molecule has 2 N–H and O–H groups in total. The van der Waals surface area contributed by atoms with Crippen molar-refractivity contribution in [2.45, 2.75) is 32.2 Å². The van der Waals surface area contributed by atoms with Crippen LogP contribution in [-0.2, 0) is 0 Å². The lowest BCUT2D eigenvalue weighted by atomic mass is 10.1. The number of ketones is 1. The van der Waals surface area contributed by atoms with Crippen LogP contribution in [0.25, 0.3) is 0 Å². The lowest BCUT2D eigenvalue weighted by Crippen LogP contribution is -2.37. The highest BCUT2D eigenvalue weighted by Crippen LogP contribution is 2.08. The SMILES string of the molecule is CCC(=O)c1ccc(C(=O)NCC2CCCN2)cc1. The van der Waals surface area contributed by atoms with E-state index < -0.39 is 0 Å². The first-order valence-corrected chi connectivity index (χ1v) is 6.85. The average Bonchev–Trinajstić information content (AvgIpc) is 2.97. The molecule has 1 fully saturated rings. The number of carbonyl (C=O) groups excluding carboxylic acids is 2. The molecule has 0 aromatic heterocycles. The van der Waals surface area contributed by atoms with E-state index in [1.54, 1.807) is 24.3 Å². The van der Waals surface area contributed by atoms with Gasteiger partial charge in [0.1, 0.15) is 0 Å². The Morgan fingerprint density at radius 1 is 1.26 bits per heavy atom. The summed E-state index contributed by atoms with van der Waals surface area (Å²) in [7, 11) is 0. The normalized spacial score (nSPS) is 18.3. The monoisotopic (exact) mass is 260 g/mol. The van der Waals surface area contributed by atoms with Gasteiger partial charge in [-0.2, -0.15) is 0 Å². The first-order valence-electron chi connectivity index (χ1n) is 6.85. The standard InChI is InChI=1S/C15H20N2O2/c1-2-14(18)11-5-7-12(8-6-11)15(19)17-10-13-4-3-9-16-13/h5-8,13,16H,2-4,9-10H2,1H3,(H,17,19). The Kier molecular flexibility index (Phi) is 4.68. The molecule has 2 rings (SSSR count). The molecule has 1 unspecified atom stereocenters. The van der Waals surface area contributed by atoms with E-state index in [9.17, 15) is 9.59 Å². The fourth-order valence-electron chi connectivity index (χ4n) is 2.26. The predicted octanol–water partition coefficient (Wildman–Crippen LogP) is 1.76. The lowest BCUT2D eigenvalue weighted by Gasteiger charge is -2.11. The minimum Gasteiger partial charge on any atom is -0.350 e. The van der Waals surface area contributed by atoms with Gasteiger partial charge in [-0.3, -0.25) is 9.59 Å². The van der Waals surface area contributed by atoms with Crippen molar-refractivity contribution >= 4 is 11.7 Å². The summed E-state index contributed by atoms with van der Waals surface area (Å²) < 4.78 is 0. The predicted molar refractivity (Wildman–Crippen MR) is 74.4 cm³/mol. The van der Waals surface area contributed by atoms with E-state index in [-0.39, 0.29) is 11.7 Å². The van der Waals surface area contributed by atoms with Crippen molar-refractivity contribution in [1.29, 1.82) is 0 Å². The largest absolute Gasteiger partial charge is 0.350 e. The Hall–Kier alpha value is -1.68. The van der Waals surface area contributed by atoms with Crippen molar-refractivity contribution in [2.75, 3.05) is 13.1 Å². The highest BCUT2D eigenvalue weighted by Gasteiger charge is 2.15. The molecule has 1 aliphatic rings. The molecule has 0 aliphatic carbocycles. The quantitative estimate of drug-likeness (QED) is 0.793. The molecule has 0 saturated carbocycles. The Morgan fingerprint density at radius 3 is 2.53 bits per heavy atom. The van der Waals surface area contributed by atoms with E-state index >= 15 is 0 Å². The zero-order chi connectivity index (χ0) is 13.7. The van der Waals surface area contributed by atoms with Gasteiger partial charge in [0.25, 0.3) is 5.91 Å². The number of hydrogen-bond acceptors (Lipinski definition) is 3. The number of amides is 1. The number of rotatable bonds is 5. The molecule has 1 aromatic rings. The number of carbonyl (C=O) groups is 2. The van der Waals surface area contributed by atoms with E-state index in [0.717, 1.165) is 13.0 Å². The summed E-state index contributed by atoms with van der Waals surface area (Å²) in [6.45, 7) is 3.53. The molecule has 102 valence electrons. The number of benzene rings is 1. The van der Waals surface area contributed by atoms with E-state index in [0.29, 0.717) is 30.1 Å². The summed E-state index contributed by atoms with van der Waals surface area (Å²) in [5, 5.41) is 6.25. The van der Waals surface area contributed by atoms with E-state index in [4.69, 9.17) is 0 Å². The summed E-state index contributed by atoms with van der Waals surface area (Å²) in [5.41, 5.74) is 1.27. The highest BCUT2D eigenvalue weighted by molar-refractivity contribution is 5.98. The van der Waals surface area contributed by atoms with Gasteiger partial charge in [0.05, 0.1) is 0 Å². The Morgan fingerprint density at radius 2 is 1.95 bits per heavy atom. The maximum absolute atomic E-state index is 11.9. The smallest absolute Gasteiger partial charge is 0.251 e. The third-order valence-electron chi connectivity index (χ3n) is 3.46. The molecule has 0 spiro atoms. The molecule has 0 bridgehead atoms. The van der Waals surface area contributed by atoms with Crippen LogP contribution in [0, 0.1) is 0 Å². The van der Waals surface area contributed by atoms with Gasteiger partial charge >= 0.3 is 0 Å². The third-order valence-corrected chi connectivity index (χ3v) is 3.46. The van der Waals surface area contributed by atoms with Gasteiger partial charge in [0.15, 0.2) is 5.78 Å². The summed E-state index contributed by atoms with van der Waals surface area (Å²) in [6, 6.07) is 7.24. The summed E-state index contributed by atoms with van der Waals surface area (Å²) in [5.74, 6) is 0.0197. The maximum atomic E-state index is 11.9. The Labute approximate surface area is 113 Å². The van der Waals surface area contributed by atoms with Gasteiger partial charge in [-0.05, 0) is 31.5 Å². The van der Waals surface area contributed by atoms with Gasteiger partial charge < -0.3 is 10.6 Å². The number of Topliss-reactive ketones (excluding diaryl/α,β-unsaturated/α-hetero) is 1. The van der Waals surface area contributed by atoms with E-state index in [2.05, 4.69) is 10.6 Å². The van der Waals surface area contributed by atoms with Crippen LogP contribution < -0.4 is 10.6 Å². The molecular formula is C15H20N2O2. The summed E-state index contributed by atoms with van der Waals surface area (Å²) in [6.07, 6.45) is 2.78. The minimum atomic E-state index is -0.0794. The molecule has 19 heavy (non-hydrogen) atoms. The Balaban J connectivity index is 1.89. The molecule has 1 aliphatic heterocycles. The topological polar surface area (TPSA) is 58.2 Å². The summed E-state index contributed by atoms with van der Waals surface area (Å²) >= 11 is 0. The van der Waals surface area contributed by atoms with Crippen molar-refractivity contribution in [1.82, 2.24) is 10.6 Å². The van der Waals surface area contributed by atoms with Crippen LogP contribution in [0.4, 0.5) is 0 Å². The minimum absolute atomic E-state index is 0.0794. The van der Waals surface area contributed by atoms with Gasteiger partial charge in [0.2, 0.25) is 0 Å². The molecule has 1 amide bonds. The van der Waals surface area contributed by atoms with Crippen LogP contribution in [0.1, 0.15) is 46.9 Å². The van der Waals surface area contributed by atoms with Crippen LogP contribution in [0.2, 0.25) is 0 Å². The second-order valence-electron chi connectivity index (χ2n) is 4.86. The van der Waals surface area contributed by atoms with Crippen LogP contribution in [0.15, 0.2) is 24.3 Å². The first kappa shape index (κ1) is 13.7. The number of nitrogens with one attached hydrogen (secondary N) is 2. The fourth-order valence-corrected chi connectivity index (χ4v) is 2.26. The van der Waals surface area contributed by atoms with Crippen molar-refractivity contribution in [3.05, 3.63) is 35.4 Å². The molecule has 1 aromatic carbocycles. The van der Waals surface area contributed by atoms with Crippen molar-refractivity contribution in [3.63, 3.8) is 0 Å². The molecule has 1 saturated heterocycles. The van der Waals surface area contributed by atoms with Gasteiger partial charge in [0, 0.05) is 30.1 Å². The molecule has 4 nitrogen and oxygen atoms in total.